The van der Waals surface area contributed by atoms with E-state index in [-0.39, 0.29) is 5.56 Å². The highest BCUT2D eigenvalue weighted by Gasteiger charge is 2.17. The Balaban J connectivity index is 2.64. The van der Waals surface area contributed by atoms with Gasteiger partial charge in [0.05, 0.1) is 18.0 Å². The minimum absolute atomic E-state index is 0.0860. The maximum Gasteiger partial charge on any atom is 0.335 e. The quantitative estimate of drug-likeness (QED) is 0.589. The molecule has 1 aromatic rings. The summed E-state index contributed by atoms with van der Waals surface area (Å²) in [5.41, 5.74) is 5.80. The van der Waals surface area contributed by atoms with Crippen molar-refractivity contribution in [2.75, 3.05) is 5.32 Å². The lowest BCUT2D eigenvalue weighted by Crippen LogP contribution is -2.37. The number of aliphatic carboxylic acids is 1. The van der Waals surface area contributed by atoms with Gasteiger partial charge in [-0.3, -0.25) is 9.59 Å². The zero-order chi connectivity index (χ0) is 13.7. The van der Waals surface area contributed by atoms with E-state index in [0.29, 0.717) is 5.69 Å². The van der Waals surface area contributed by atoms with Gasteiger partial charge in [0, 0.05) is 5.69 Å². The first kappa shape index (κ1) is 13.7. The van der Waals surface area contributed by atoms with Crippen LogP contribution >= 0.6 is 0 Å². The Hall–Kier alpha value is -2.41. The summed E-state index contributed by atoms with van der Waals surface area (Å²) in [5, 5.41) is 19.5. The minimum Gasteiger partial charge on any atom is -0.481 e. The topological polar surface area (TPSA) is 130 Å². The molecule has 7 nitrogen and oxygen atoms in total. The third kappa shape index (κ3) is 3.87. The molecule has 0 aliphatic rings. The molecule has 0 saturated heterocycles. The molecule has 1 amide bonds. The van der Waals surface area contributed by atoms with Crippen molar-refractivity contribution in [1.29, 1.82) is 0 Å². The second-order valence-electron chi connectivity index (χ2n) is 3.58. The van der Waals surface area contributed by atoms with E-state index in [1.807, 2.05) is 0 Å². The number of hydrogen-bond acceptors (Lipinski definition) is 4. The molecule has 0 fully saturated rings. The molecular formula is C11H12N2O5. The van der Waals surface area contributed by atoms with Crippen LogP contribution in [0.1, 0.15) is 16.8 Å². The molecule has 1 aromatic carbocycles. The van der Waals surface area contributed by atoms with E-state index >= 15 is 0 Å². The number of carboxylic acids is 2. The normalized spacial score (nSPS) is 11.6. The predicted octanol–water partition coefficient (Wildman–Crippen LogP) is 0.125. The van der Waals surface area contributed by atoms with Crippen LogP contribution in [-0.4, -0.2) is 34.1 Å². The SMILES string of the molecule is N[C@@H](CC(=O)O)C(=O)Nc1ccc(C(=O)O)cc1. The van der Waals surface area contributed by atoms with E-state index in [4.69, 9.17) is 15.9 Å². The molecule has 18 heavy (non-hydrogen) atoms. The van der Waals surface area contributed by atoms with Gasteiger partial charge < -0.3 is 21.3 Å². The van der Waals surface area contributed by atoms with Crippen molar-refractivity contribution in [2.24, 2.45) is 5.73 Å². The zero-order valence-corrected chi connectivity index (χ0v) is 9.29. The number of carbonyl (C=O) groups is 3. The molecule has 0 spiro atoms. The molecule has 7 heteroatoms. The van der Waals surface area contributed by atoms with Crippen molar-refractivity contribution in [3.63, 3.8) is 0 Å². The van der Waals surface area contributed by atoms with Crippen molar-refractivity contribution in [3.05, 3.63) is 29.8 Å². The fraction of sp³-hybridized carbons (Fsp3) is 0.182. The highest BCUT2D eigenvalue weighted by atomic mass is 16.4. The van der Waals surface area contributed by atoms with Crippen LogP contribution in [0.2, 0.25) is 0 Å². The molecule has 96 valence electrons. The van der Waals surface area contributed by atoms with Crippen LogP contribution in [0.3, 0.4) is 0 Å². The number of aromatic carboxylic acids is 1. The molecule has 0 heterocycles. The number of benzene rings is 1. The van der Waals surface area contributed by atoms with Crippen LogP contribution in [0.15, 0.2) is 24.3 Å². The lowest BCUT2D eigenvalue weighted by Gasteiger charge is -2.10. The molecule has 1 atom stereocenters. The maximum absolute atomic E-state index is 11.5. The van der Waals surface area contributed by atoms with Crippen molar-refractivity contribution >= 4 is 23.5 Å². The summed E-state index contributed by atoms with van der Waals surface area (Å²) in [7, 11) is 0. The average molecular weight is 252 g/mol. The van der Waals surface area contributed by atoms with Crippen LogP contribution in [0.5, 0.6) is 0 Å². The first-order chi connectivity index (χ1) is 8.40. The van der Waals surface area contributed by atoms with E-state index < -0.39 is 30.3 Å². The van der Waals surface area contributed by atoms with Gasteiger partial charge in [0.25, 0.3) is 0 Å². The molecule has 0 aliphatic carbocycles. The molecule has 1 rings (SSSR count). The molecular weight excluding hydrogens is 240 g/mol. The van der Waals surface area contributed by atoms with Gasteiger partial charge in [-0.2, -0.15) is 0 Å². The molecule has 5 N–H and O–H groups in total. The summed E-state index contributed by atoms with van der Waals surface area (Å²) >= 11 is 0. The Bertz CT molecular complexity index is 469. The van der Waals surface area contributed by atoms with Crippen molar-refractivity contribution < 1.29 is 24.6 Å². The number of anilines is 1. The van der Waals surface area contributed by atoms with Gasteiger partial charge in [0.2, 0.25) is 5.91 Å². The molecule has 0 aromatic heterocycles. The zero-order valence-electron chi connectivity index (χ0n) is 9.29. The monoisotopic (exact) mass is 252 g/mol. The number of rotatable bonds is 5. The van der Waals surface area contributed by atoms with Gasteiger partial charge in [0.1, 0.15) is 0 Å². The van der Waals surface area contributed by atoms with E-state index in [1.54, 1.807) is 0 Å². The first-order valence-electron chi connectivity index (χ1n) is 5.01. The standard InChI is InChI=1S/C11H12N2O5/c12-8(5-9(14)15)10(16)13-7-3-1-6(2-4-7)11(17)18/h1-4,8H,5,12H2,(H,13,16)(H,14,15)(H,17,18)/t8-/m0/s1. The average Bonchev–Trinajstić information content (AvgIpc) is 2.28. The molecule has 0 aliphatic heterocycles. The van der Waals surface area contributed by atoms with Gasteiger partial charge >= 0.3 is 11.9 Å². The predicted molar refractivity (Wildman–Crippen MR) is 62.3 cm³/mol. The number of carboxylic acid groups (broad SMARTS) is 2. The summed E-state index contributed by atoms with van der Waals surface area (Å²) in [6, 6.07) is 4.28. The summed E-state index contributed by atoms with van der Waals surface area (Å²) in [6.45, 7) is 0. The lowest BCUT2D eigenvalue weighted by molar-refractivity contribution is -0.138. The third-order valence-corrected chi connectivity index (χ3v) is 2.13. The molecule has 0 saturated carbocycles. The smallest absolute Gasteiger partial charge is 0.335 e. The van der Waals surface area contributed by atoms with Crippen LogP contribution < -0.4 is 11.1 Å². The summed E-state index contributed by atoms with van der Waals surface area (Å²) in [5.74, 6) is -2.88. The second kappa shape index (κ2) is 5.78. The maximum atomic E-state index is 11.5. The number of hydrogen-bond donors (Lipinski definition) is 4. The molecule has 0 bridgehead atoms. The van der Waals surface area contributed by atoms with E-state index in [1.165, 1.54) is 24.3 Å². The summed E-state index contributed by atoms with van der Waals surface area (Å²) in [6.07, 6.45) is -0.473. The number of amides is 1. The fourth-order valence-corrected chi connectivity index (χ4v) is 1.21. The molecule has 0 radical (unpaired) electrons. The summed E-state index contributed by atoms with van der Waals surface area (Å²) < 4.78 is 0. The van der Waals surface area contributed by atoms with Gasteiger partial charge in [0.15, 0.2) is 0 Å². The van der Waals surface area contributed by atoms with Crippen LogP contribution in [0.4, 0.5) is 5.69 Å². The van der Waals surface area contributed by atoms with E-state index in [0.717, 1.165) is 0 Å². The number of carbonyl (C=O) groups excluding carboxylic acids is 1. The Kier molecular flexibility index (Phi) is 4.39. The van der Waals surface area contributed by atoms with E-state index in [9.17, 15) is 14.4 Å². The highest BCUT2D eigenvalue weighted by Crippen LogP contribution is 2.10. The van der Waals surface area contributed by atoms with Gasteiger partial charge in [-0.05, 0) is 24.3 Å². The van der Waals surface area contributed by atoms with Crippen LogP contribution in [-0.2, 0) is 9.59 Å². The minimum atomic E-state index is -1.17. The third-order valence-electron chi connectivity index (χ3n) is 2.13. The number of nitrogens with one attached hydrogen (secondary N) is 1. The van der Waals surface area contributed by atoms with Crippen LogP contribution in [0.25, 0.3) is 0 Å². The molecule has 0 unspecified atom stereocenters. The Morgan fingerprint density at radius 2 is 1.72 bits per heavy atom. The van der Waals surface area contributed by atoms with Crippen molar-refractivity contribution in [2.45, 2.75) is 12.5 Å². The van der Waals surface area contributed by atoms with Gasteiger partial charge in [-0.25, -0.2) is 4.79 Å². The Morgan fingerprint density at radius 3 is 2.17 bits per heavy atom. The fourth-order valence-electron chi connectivity index (χ4n) is 1.21. The van der Waals surface area contributed by atoms with Gasteiger partial charge in [-0.1, -0.05) is 0 Å². The highest BCUT2D eigenvalue weighted by molar-refractivity contribution is 5.97. The van der Waals surface area contributed by atoms with Gasteiger partial charge in [-0.15, -0.1) is 0 Å². The largest absolute Gasteiger partial charge is 0.481 e. The summed E-state index contributed by atoms with van der Waals surface area (Å²) in [4.78, 5) is 32.4. The Labute approximate surface area is 102 Å². The van der Waals surface area contributed by atoms with Crippen molar-refractivity contribution in [3.8, 4) is 0 Å². The number of nitrogens with two attached hydrogens (primary N) is 1. The second-order valence-corrected chi connectivity index (χ2v) is 3.58. The van der Waals surface area contributed by atoms with Crippen LogP contribution in [0, 0.1) is 0 Å². The van der Waals surface area contributed by atoms with Crippen molar-refractivity contribution in [1.82, 2.24) is 0 Å². The first-order valence-corrected chi connectivity index (χ1v) is 5.01. The van der Waals surface area contributed by atoms with E-state index in [2.05, 4.69) is 5.32 Å². The Morgan fingerprint density at radius 1 is 1.17 bits per heavy atom. The lowest BCUT2D eigenvalue weighted by atomic mass is 10.2.